The van der Waals surface area contributed by atoms with Crippen molar-refractivity contribution in [2.45, 2.75) is 23.3 Å². The largest absolute Gasteiger partial charge is 0.493 e. The van der Waals surface area contributed by atoms with Gasteiger partial charge in [0.2, 0.25) is 0 Å². The topological polar surface area (TPSA) is 85.4 Å². The first-order valence-corrected chi connectivity index (χ1v) is 8.95. The van der Waals surface area contributed by atoms with Crippen LogP contribution in [0.3, 0.4) is 0 Å². The average Bonchev–Trinajstić information content (AvgIpc) is 3.01. The number of rotatable bonds is 4. The third-order valence-corrected chi connectivity index (χ3v) is 5.17. The number of guanidine groups is 1. The highest BCUT2D eigenvalue weighted by molar-refractivity contribution is 14.0. The monoisotopic (exact) mass is 463 g/mol. The summed E-state index contributed by atoms with van der Waals surface area (Å²) in [6.45, 7) is 1.12. The second-order valence-corrected chi connectivity index (χ2v) is 6.85. The molecule has 1 aliphatic heterocycles. The number of nitrogens with zero attached hydrogens (tertiary/aromatic N) is 3. The highest BCUT2D eigenvalue weighted by atomic mass is 127. The van der Waals surface area contributed by atoms with Crippen molar-refractivity contribution >= 4 is 53.0 Å². The molecule has 0 saturated carbocycles. The number of benzene rings is 1. The summed E-state index contributed by atoms with van der Waals surface area (Å²) in [5, 5.41) is 12.2. The number of aromatic nitrogens is 2. The van der Waals surface area contributed by atoms with E-state index in [4.69, 9.17) is 10.5 Å². The molecule has 124 valence electrons. The lowest BCUT2D eigenvalue weighted by atomic mass is 10.0. The van der Waals surface area contributed by atoms with E-state index < -0.39 is 0 Å². The molecule has 2 aromatic rings. The summed E-state index contributed by atoms with van der Waals surface area (Å²) >= 11 is 3.12. The Morgan fingerprint density at radius 1 is 1.48 bits per heavy atom. The number of aliphatic imine (C=N–C) groups is 1. The van der Waals surface area contributed by atoms with Gasteiger partial charge in [-0.3, -0.25) is 0 Å². The number of ether oxygens (including phenoxy) is 1. The van der Waals surface area contributed by atoms with E-state index in [1.54, 1.807) is 11.8 Å². The number of nitrogens with one attached hydrogen (secondary N) is 1. The average molecular weight is 463 g/mol. The van der Waals surface area contributed by atoms with E-state index in [1.807, 2.05) is 24.5 Å². The Kier molecular flexibility index (Phi) is 6.90. The molecule has 3 rings (SSSR count). The highest BCUT2D eigenvalue weighted by Crippen LogP contribution is 2.31. The Labute approximate surface area is 160 Å². The molecule has 0 spiro atoms. The summed E-state index contributed by atoms with van der Waals surface area (Å²) in [5.74, 6) is 1.33. The van der Waals surface area contributed by atoms with E-state index in [9.17, 15) is 0 Å². The van der Waals surface area contributed by atoms with E-state index >= 15 is 0 Å². The number of thioether (sulfide) groups is 1. The molecule has 0 fully saturated rings. The third kappa shape index (κ3) is 4.70. The minimum absolute atomic E-state index is 0. The first-order chi connectivity index (χ1) is 10.8. The van der Waals surface area contributed by atoms with Crippen molar-refractivity contribution in [3.8, 4) is 5.75 Å². The van der Waals surface area contributed by atoms with Gasteiger partial charge in [0.25, 0.3) is 0 Å². The van der Waals surface area contributed by atoms with Crippen molar-refractivity contribution in [2.75, 3.05) is 12.9 Å². The van der Waals surface area contributed by atoms with Gasteiger partial charge in [-0.25, -0.2) is 4.99 Å². The molecular weight excluding hydrogens is 445 g/mol. The van der Waals surface area contributed by atoms with Gasteiger partial charge in [-0.2, -0.15) is 0 Å². The van der Waals surface area contributed by atoms with Crippen LogP contribution in [0.15, 0.2) is 33.6 Å². The number of nitrogens with two attached hydrogens (primary N) is 1. The molecule has 1 aliphatic rings. The zero-order chi connectivity index (χ0) is 15.4. The molecule has 9 heteroatoms. The van der Waals surface area contributed by atoms with E-state index in [-0.39, 0.29) is 30.0 Å². The predicted molar refractivity (Wildman–Crippen MR) is 105 cm³/mol. The van der Waals surface area contributed by atoms with Crippen LogP contribution in [-0.2, 0) is 6.54 Å². The van der Waals surface area contributed by atoms with Gasteiger partial charge in [-0.15, -0.1) is 34.2 Å². The lowest BCUT2D eigenvalue weighted by Crippen LogP contribution is -2.37. The van der Waals surface area contributed by atoms with Crippen LogP contribution >= 0.6 is 47.1 Å². The number of hydrogen-bond donors (Lipinski definition) is 2. The van der Waals surface area contributed by atoms with Gasteiger partial charge in [0, 0.05) is 12.0 Å². The minimum atomic E-state index is 0. The zero-order valence-corrected chi connectivity index (χ0v) is 16.5. The summed E-state index contributed by atoms with van der Waals surface area (Å²) in [4.78, 5) is 4.35. The van der Waals surface area contributed by atoms with E-state index in [0.29, 0.717) is 19.1 Å². The van der Waals surface area contributed by atoms with Crippen molar-refractivity contribution in [1.29, 1.82) is 0 Å². The smallest absolute Gasteiger partial charge is 0.189 e. The summed E-state index contributed by atoms with van der Waals surface area (Å²) in [7, 11) is 0. The Balaban J connectivity index is 0.00000192. The standard InChI is InChI=1S/C14H17N5OS2.HI/c1-21-14-19-18-12(22-14)8-16-13(15)17-10-6-7-20-11-5-3-2-4-9(10)11;/h2-5,10H,6-8H2,1H3,(H3,15,16,17);1H. The number of fused-ring (bicyclic) bond motifs is 1. The Bertz CT molecular complexity index is 679. The molecule has 0 amide bonds. The molecule has 3 N–H and O–H groups in total. The van der Waals surface area contributed by atoms with Crippen molar-refractivity contribution < 1.29 is 4.74 Å². The van der Waals surface area contributed by atoms with E-state index in [0.717, 1.165) is 27.1 Å². The van der Waals surface area contributed by atoms with Crippen LogP contribution in [0.2, 0.25) is 0 Å². The first-order valence-electron chi connectivity index (χ1n) is 6.91. The maximum atomic E-state index is 6.00. The van der Waals surface area contributed by atoms with Crippen LogP contribution in [-0.4, -0.2) is 29.0 Å². The van der Waals surface area contributed by atoms with E-state index in [1.165, 1.54) is 11.3 Å². The molecule has 1 aromatic heterocycles. The minimum Gasteiger partial charge on any atom is -0.493 e. The fourth-order valence-electron chi connectivity index (χ4n) is 2.25. The summed E-state index contributed by atoms with van der Waals surface area (Å²) in [6, 6.07) is 8.12. The van der Waals surface area contributed by atoms with Gasteiger partial charge in [-0.1, -0.05) is 41.3 Å². The van der Waals surface area contributed by atoms with Gasteiger partial charge in [0.1, 0.15) is 10.8 Å². The van der Waals surface area contributed by atoms with Gasteiger partial charge < -0.3 is 15.8 Å². The van der Waals surface area contributed by atoms with Gasteiger partial charge in [-0.05, 0) is 12.3 Å². The molecule has 0 radical (unpaired) electrons. The van der Waals surface area contributed by atoms with E-state index in [2.05, 4.69) is 26.6 Å². The SMILES string of the molecule is CSc1nnc(CN=C(N)NC2CCOc3ccccc32)s1.I. The maximum absolute atomic E-state index is 6.00. The molecule has 6 nitrogen and oxygen atoms in total. The number of halogens is 1. The van der Waals surface area contributed by atoms with Gasteiger partial charge >= 0.3 is 0 Å². The molecule has 2 heterocycles. The molecule has 0 aliphatic carbocycles. The molecule has 0 bridgehead atoms. The van der Waals surface area contributed by atoms with Crippen molar-refractivity contribution in [3.05, 3.63) is 34.8 Å². The number of para-hydroxylation sites is 1. The van der Waals surface area contributed by atoms with Crippen molar-refractivity contribution in [1.82, 2.24) is 15.5 Å². The number of hydrogen-bond acceptors (Lipinski definition) is 6. The van der Waals surface area contributed by atoms with Gasteiger partial charge in [0.15, 0.2) is 10.3 Å². The molecule has 1 atom stereocenters. The zero-order valence-electron chi connectivity index (χ0n) is 12.6. The summed E-state index contributed by atoms with van der Waals surface area (Å²) < 4.78 is 6.58. The second-order valence-electron chi connectivity index (χ2n) is 4.74. The molecular formula is C14H18IN5OS2. The Hall–Kier alpha value is -1.07. The van der Waals surface area contributed by atoms with Crippen LogP contribution < -0.4 is 15.8 Å². The van der Waals surface area contributed by atoms with Crippen molar-refractivity contribution in [3.63, 3.8) is 0 Å². The molecule has 1 unspecified atom stereocenters. The summed E-state index contributed by atoms with van der Waals surface area (Å²) in [6.07, 6.45) is 2.84. The highest BCUT2D eigenvalue weighted by Gasteiger charge is 2.21. The Morgan fingerprint density at radius 2 is 2.30 bits per heavy atom. The van der Waals surface area contributed by atoms with Crippen LogP contribution in [0.4, 0.5) is 0 Å². The fourth-order valence-corrected chi connectivity index (χ4v) is 3.49. The molecule has 0 saturated heterocycles. The van der Waals surface area contributed by atoms with Gasteiger partial charge in [0.05, 0.1) is 19.2 Å². The molecule has 23 heavy (non-hydrogen) atoms. The molecule has 1 aromatic carbocycles. The van der Waals surface area contributed by atoms with Crippen LogP contribution in [0.25, 0.3) is 0 Å². The predicted octanol–water partition coefficient (Wildman–Crippen LogP) is 2.81. The summed E-state index contributed by atoms with van der Waals surface area (Å²) in [5.41, 5.74) is 7.12. The van der Waals surface area contributed by atoms with Crippen LogP contribution in [0.5, 0.6) is 5.75 Å². The van der Waals surface area contributed by atoms with Crippen LogP contribution in [0.1, 0.15) is 23.0 Å². The third-order valence-electron chi connectivity index (χ3n) is 3.29. The normalized spacial score (nSPS) is 16.9. The van der Waals surface area contributed by atoms with Crippen molar-refractivity contribution in [2.24, 2.45) is 10.7 Å². The lowest BCUT2D eigenvalue weighted by Gasteiger charge is -2.26. The maximum Gasteiger partial charge on any atom is 0.189 e. The lowest BCUT2D eigenvalue weighted by molar-refractivity contribution is 0.262. The first kappa shape index (κ1) is 18.3. The quantitative estimate of drug-likeness (QED) is 0.314. The Morgan fingerprint density at radius 3 is 3.09 bits per heavy atom. The van der Waals surface area contributed by atoms with Crippen LogP contribution in [0, 0.1) is 0 Å². The fraction of sp³-hybridized carbons (Fsp3) is 0.357. The second kappa shape index (κ2) is 8.69.